The first-order valence-corrected chi connectivity index (χ1v) is 9.35. The Morgan fingerprint density at radius 1 is 1.03 bits per heavy atom. The van der Waals surface area contributed by atoms with Crippen LogP contribution < -0.4 is 5.32 Å². The van der Waals surface area contributed by atoms with Crippen LogP contribution in [0, 0.1) is 6.92 Å². The van der Waals surface area contributed by atoms with Gasteiger partial charge in [0.15, 0.2) is 0 Å². The van der Waals surface area contributed by atoms with E-state index in [1.807, 2.05) is 78.4 Å². The van der Waals surface area contributed by atoms with Crippen molar-refractivity contribution in [2.45, 2.75) is 25.6 Å². The SMILES string of the molecule is Cc1nccn1CCNC(=O)C(c1ccccc1)c1ccccc1.O=C(O)C(F)(F)F. The highest BCUT2D eigenvalue weighted by molar-refractivity contribution is 5.87. The highest BCUT2D eigenvalue weighted by Gasteiger charge is 2.38. The number of carboxylic acid groups (broad SMARTS) is 1. The Hall–Kier alpha value is -3.62. The lowest BCUT2D eigenvalue weighted by Gasteiger charge is -2.18. The number of carboxylic acids is 1. The second kappa shape index (κ2) is 11.0. The van der Waals surface area contributed by atoms with E-state index in [4.69, 9.17) is 9.90 Å². The lowest BCUT2D eigenvalue weighted by Crippen LogP contribution is -2.32. The van der Waals surface area contributed by atoms with Crippen molar-refractivity contribution in [2.75, 3.05) is 6.54 Å². The summed E-state index contributed by atoms with van der Waals surface area (Å²) in [6, 6.07) is 19.8. The van der Waals surface area contributed by atoms with Crippen LogP contribution in [0.5, 0.6) is 0 Å². The van der Waals surface area contributed by atoms with Crippen molar-refractivity contribution in [3.05, 3.63) is 90.0 Å². The first-order valence-electron chi connectivity index (χ1n) is 9.35. The molecule has 1 amide bonds. The minimum Gasteiger partial charge on any atom is -0.475 e. The summed E-state index contributed by atoms with van der Waals surface area (Å²) in [5.74, 6) is -2.08. The number of alkyl halides is 3. The maximum absolute atomic E-state index is 12.8. The van der Waals surface area contributed by atoms with Crippen LogP contribution in [0.2, 0.25) is 0 Å². The minimum atomic E-state index is -5.08. The zero-order valence-electron chi connectivity index (χ0n) is 16.7. The molecular weight excluding hydrogens is 411 g/mol. The molecule has 1 aromatic heterocycles. The summed E-state index contributed by atoms with van der Waals surface area (Å²) >= 11 is 0. The predicted octanol–water partition coefficient (Wildman–Crippen LogP) is 3.77. The number of nitrogens with one attached hydrogen (secondary N) is 1. The number of aliphatic carboxylic acids is 1. The first-order chi connectivity index (χ1) is 14.7. The molecule has 9 heteroatoms. The number of carbonyl (C=O) groups excluding carboxylic acids is 1. The number of aryl methyl sites for hydroxylation is 1. The van der Waals surface area contributed by atoms with E-state index in [0.29, 0.717) is 13.1 Å². The van der Waals surface area contributed by atoms with Gasteiger partial charge in [0.05, 0.1) is 5.92 Å². The number of nitrogens with zero attached hydrogens (tertiary/aromatic N) is 2. The molecule has 2 N–H and O–H groups in total. The lowest BCUT2D eigenvalue weighted by molar-refractivity contribution is -0.192. The smallest absolute Gasteiger partial charge is 0.475 e. The molecule has 164 valence electrons. The molecule has 0 atom stereocenters. The van der Waals surface area contributed by atoms with E-state index in [2.05, 4.69) is 10.3 Å². The summed E-state index contributed by atoms with van der Waals surface area (Å²) in [5.41, 5.74) is 2.00. The van der Waals surface area contributed by atoms with Gasteiger partial charge in [0, 0.05) is 25.5 Å². The fourth-order valence-corrected chi connectivity index (χ4v) is 2.83. The Kier molecular flexibility index (Phi) is 8.36. The number of imidazole rings is 1. The Labute approximate surface area is 177 Å². The molecule has 0 aliphatic heterocycles. The molecule has 0 unspecified atom stereocenters. The van der Waals surface area contributed by atoms with Crippen molar-refractivity contribution in [3.8, 4) is 0 Å². The minimum absolute atomic E-state index is 0.0187. The molecule has 1 heterocycles. The van der Waals surface area contributed by atoms with Crippen LogP contribution in [0.4, 0.5) is 13.2 Å². The van der Waals surface area contributed by atoms with Crippen LogP contribution >= 0.6 is 0 Å². The fourth-order valence-electron chi connectivity index (χ4n) is 2.83. The first kappa shape index (κ1) is 23.7. The number of rotatable bonds is 6. The summed E-state index contributed by atoms with van der Waals surface area (Å²) in [7, 11) is 0. The van der Waals surface area contributed by atoms with Crippen LogP contribution in [0.25, 0.3) is 0 Å². The third-order valence-corrected chi connectivity index (χ3v) is 4.35. The van der Waals surface area contributed by atoms with Crippen LogP contribution in [0.3, 0.4) is 0 Å². The Morgan fingerprint density at radius 3 is 1.90 bits per heavy atom. The Balaban J connectivity index is 0.000000423. The van der Waals surface area contributed by atoms with Crippen molar-refractivity contribution in [1.82, 2.24) is 14.9 Å². The Morgan fingerprint density at radius 2 is 1.52 bits per heavy atom. The molecule has 0 bridgehead atoms. The van der Waals surface area contributed by atoms with Crippen LogP contribution in [-0.4, -0.2) is 39.3 Å². The van der Waals surface area contributed by atoms with E-state index in [1.165, 1.54) is 0 Å². The van der Waals surface area contributed by atoms with Gasteiger partial charge in [-0.05, 0) is 18.1 Å². The topological polar surface area (TPSA) is 84.2 Å². The number of aromatic nitrogens is 2. The van der Waals surface area contributed by atoms with E-state index >= 15 is 0 Å². The number of hydrogen-bond donors (Lipinski definition) is 2. The largest absolute Gasteiger partial charge is 0.490 e. The van der Waals surface area contributed by atoms with E-state index in [0.717, 1.165) is 17.0 Å². The monoisotopic (exact) mass is 433 g/mol. The van der Waals surface area contributed by atoms with Crippen molar-refractivity contribution in [1.29, 1.82) is 0 Å². The van der Waals surface area contributed by atoms with Gasteiger partial charge in [-0.25, -0.2) is 9.78 Å². The molecule has 0 saturated carbocycles. The molecular formula is C22H22F3N3O3. The Bertz CT molecular complexity index is 934. The number of hydrogen-bond acceptors (Lipinski definition) is 3. The average molecular weight is 433 g/mol. The molecule has 0 aliphatic carbocycles. The van der Waals surface area contributed by atoms with Gasteiger partial charge < -0.3 is 15.0 Å². The van der Waals surface area contributed by atoms with Crippen molar-refractivity contribution in [3.63, 3.8) is 0 Å². The summed E-state index contributed by atoms with van der Waals surface area (Å²) in [6.45, 7) is 3.25. The zero-order chi connectivity index (χ0) is 22.9. The normalized spacial score (nSPS) is 10.9. The molecule has 0 radical (unpaired) electrons. The van der Waals surface area contributed by atoms with Crippen LogP contribution in [0.15, 0.2) is 73.1 Å². The number of halogens is 3. The molecule has 6 nitrogen and oxygen atoms in total. The van der Waals surface area contributed by atoms with E-state index < -0.39 is 12.1 Å². The summed E-state index contributed by atoms with van der Waals surface area (Å²) in [4.78, 5) is 25.9. The second-order valence-electron chi connectivity index (χ2n) is 6.52. The van der Waals surface area contributed by atoms with Gasteiger partial charge in [-0.1, -0.05) is 60.7 Å². The lowest BCUT2D eigenvalue weighted by atomic mass is 9.90. The van der Waals surface area contributed by atoms with Gasteiger partial charge >= 0.3 is 12.1 Å². The van der Waals surface area contributed by atoms with Crippen LogP contribution in [-0.2, 0) is 16.1 Å². The number of benzene rings is 2. The van der Waals surface area contributed by atoms with Crippen molar-refractivity contribution in [2.24, 2.45) is 0 Å². The molecule has 0 spiro atoms. The zero-order valence-corrected chi connectivity index (χ0v) is 16.7. The van der Waals surface area contributed by atoms with Crippen LogP contribution in [0.1, 0.15) is 22.9 Å². The van der Waals surface area contributed by atoms with Gasteiger partial charge in [-0.2, -0.15) is 13.2 Å². The third-order valence-electron chi connectivity index (χ3n) is 4.35. The predicted molar refractivity (Wildman–Crippen MR) is 108 cm³/mol. The van der Waals surface area contributed by atoms with Gasteiger partial charge in [-0.3, -0.25) is 4.79 Å². The quantitative estimate of drug-likeness (QED) is 0.620. The third kappa shape index (κ3) is 7.29. The molecule has 0 fully saturated rings. The van der Waals surface area contributed by atoms with E-state index in [-0.39, 0.29) is 11.8 Å². The summed E-state index contributed by atoms with van der Waals surface area (Å²) in [5, 5.41) is 10.2. The van der Waals surface area contributed by atoms with Gasteiger partial charge in [0.2, 0.25) is 5.91 Å². The summed E-state index contributed by atoms with van der Waals surface area (Å²) in [6.07, 6.45) is -1.39. The molecule has 31 heavy (non-hydrogen) atoms. The van der Waals surface area contributed by atoms with Gasteiger partial charge in [0.25, 0.3) is 0 Å². The number of carbonyl (C=O) groups is 2. The van der Waals surface area contributed by atoms with Crippen molar-refractivity contribution < 1.29 is 27.9 Å². The molecule has 2 aromatic carbocycles. The highest BCUT2D eigenvalue weighted by atomic mass is 19.4. The standard InChI is InChI=1S/C20H21N3O.C2HF3O2/c1-16-21-12-14-23(16)15-13-22-20(24)19(17-8-4-2-5-9-17)18-10-6-3-7-11-18;3-2(4,5)1(6)7/h2-12,14,19H,13,15H2,1H3,(H,22,24);(H,6,7). The molecule has 0 aliphatic rings. The van der Waals surface area contributed by atoms with Crippen molar-refractivity contribution >= 4 is 11.9 Å². The summed E-state index contributed by atoms with van der Waals surface area (Å²) < 4.78 is 33.8. The number of amides is 1. The average Bonchev–Trinajstić information content (AvgIpc) is 3.14. The molecule has 3 rings (SSSR count). The van der Waals surface area contributed by atoms with E-state index in [9.17, 15) is 18.0 Å². The highest BCUT2D eigenvalue weighted by Crippen LogP contribution is 2.24. The molecule has 3 aromatic rings. The maximum Gasteiger partial charge on any atom is 0.490 e. The van der Waals surface area contributed by atoms with Gasteiger partial charge in [-0.15, -0.1) is 0 Å². The fraction of sp³-hybridized carbons (Fsp3) is 0.227. The molecule has 0 saturated heterocycles. The van der Waals surface area contributed by atoms with E-state index in [1.54, 1.807) is 6.20 Å². The second-order valence-corrected chi connectivity index (χ2v) is 6.52. The maximum atomic E-state index is 12.8. The van der Waals surface area contributed by atoms with Gasteiger partial charge in [0.1, 0.15) is 5.82 Å².